The Kier molecular flexibility index (Phi) is 2.25. The Hall–Kier alpha value is -0.810. The predicted octanol–water partition coefficient (Wildman–Crippen LogP) is 1.26. The summed E-state index contributed by atoms with van der Waals surface area (Å²) in [4.78, 5) is 13.3. The van der Waals surface area contributed by atoms with Crippen molar-refractivity contribution in [1.82, 2.24) is 5.32 Å². The van der Waals surface area contributed by atoms with E-state index in [1.54, 1.807) is 0 Å². The van der Waals surface area contributed by atoms with Crippen molar-refractivity contribution in [2.24, 2.45) is 4.99 Å². The van der Waals surface area contributed by atoms with Crippen LogP contribution in [0, 0.1) is 10.1 Å². The van der Waals surface area contributed by atoms with E-state index in [4.69, 9.17) is 23.2 Å². The summed E-state index contributed by atoms with van der Waals surface area (Å²) in [6.07, 6.45) is 1.13. The molecule has 1 unspecified atom stereocenters. The lowest BCUT2D eigenvalue weighted by Gasteiger charge is -2.20. The topological polar surface area (TPSA) is 67.5 Å². The normalized spacial score (nSPS) is 28.6. The smallest absolute Gasteiger partial charge is 0.321 e. The minimum absolute atomic E-state index is 0.198. The molecule has 1 N–H and O–H groups in total. The van der Waals surface area contributed by atoms with Gasteiger partial charge in [-0.1, -0.05) is 23.2 Å². The minimum atomic E-state index is -1.09. The van der Waals surface area contributed by atoms with Gasteiger partial charge in [0, 0.05) is 0 Å². The van der Waals surface area contributed by atoms with Gasteiger partial charge in [-0.15, -0.1) is 0 Å². The molecule has 12 heavy (non-hydrogen) atoms. The van der Waals surface area contributed by atoms with E-state index in [1.165, 1.54) is 6.92 Å². The van der Waals surface area contributed by atoms with Gasteiger partial charge in [0.25, 0.3) is 0 Å². The van der Waals surface area contributed by atoms with E-state index in [-0.39, 0.29) is 10.9 Å². The Balaban J connectivity index is 2.94. The third-order valence-corrected chi connectivity index (χ3v) is 1.66. The van der Waals surface area contributed by atoms with Gasteiger partial charge in [-0.25, -0.2) is 4.99 Å². The summed E-state index contributed by atoms with van der Waals surface area (Å²) >= 11 is 11.2. The molecule has 1 atom stereocenters. The first-order chi connectivity index (χ1) is 5.42. The van der Waals surface area contributed by atoms with Crippen LogP contribution in [0.15, 0.2) is 16.9 Å². The second kappa shape index (κ2) is 2.91. The Labute approximate surface area is 78.2 Å². The van der Waals surface area contributed by atoms with Crippen LogP contribution in [0.5, 0.6) is 0 Å². The van der Waals surface area contributed by atoms with Crippen LogP contribution in [0.25, 0.3) is 0 Å². The third-order valence-electron chi connectivity index (χ3n) is 1.19. The monoisotopic (exact) mass is 209 g/mol. The van der Waals surface area contributed by atoms with Gasteiger partial charge in [0.2, 0.25) is 10.3 Å². The molecule has 1 heterocycles. The standard InChI is InChI=1S/C5H5Cl2N3O2/c1-5(7)8-2-3(10(11)12)4(6)9-5/h2,8H,1H3. The van der Waals surface area contributed by atoms with Crippen molar-refractivity contribution in [3.63, 3.8) is 0 Å². The number of nitro groups is 1. The van der Waals surface area contributed by atoms with Crippen LogP contribution in [0.1, 0.15) is 6.92 Å². The summed E-state index contributed by atoms with van der Waals surface area (Å²) in [5, 5.41) is 11.5. The first kappa shape index (κ1) is 9.28. The predicted molar refractivity (Wildman–Crippen MR) is 45.8 cm³/mol. The average molecular weight is 210 g/mol. The zero-order chi connectivity index (χ0) is 9.35. The van der Waals surface area contributed by atoms with Gasteiger partial charge < -0.3 is 5.32 Å². The molecule has 66 valence electrons. The summed E-state index contributed by atoms with van der Waals surface area (Å²) in [5.74, 6) is 0. The van der Waals surface area contributed by atoms with Crippen molar-refractivity contribution in [1.29, 1.82) is 0 Å². The number of nitrogens with zero attached hydrogens (tertiary/aromatic N) is 2. The van der Waals surface area contributed by atoms with Crippen molar-refractivity contribution >= 4 is 28.4 Å². The van der Waals surface area contributed by atoms with Gasteiger partial charge in [-0.05, 0) is 6.92 Å². The maximum Gasteiger partial charge on any atom is 0.321 e. The zero-order valence-corrected chi connectivity index (χ0v) is 7.56. The summed E-state index contributed by atoms with van der Waals surface area (Å²) in [5.41, 5.74) is -0.283. The van der Waals surface area contributed by atoms with Gasteiger partial charge in [0.1, 0.15) is 0 Å². The Morgan fingerprint density at radius 2 is 2.42 bits per heavy atom. The highest BCUT2D eigenvalue weighted by Crippen LogP contribution is 2.20. The number of rotatable bonds is 1. The van der Waals surface area contributed by atoms with Crippen LogP contribution in [0.3, 0.4) is 0 Å². The molecule has 0 spiro atoms. The van der Waals surface area contributed by atoms with Crippen LogP contribution in [-0.2, 0) is 0 Å². The molecule has 0 saturated heterocycles. The summed E-state index contributed by atoms with van der Waals surface area (Å²) in [6.45, 7) is 1.53. The summed E-state index contributed by atoms with van der Waals surface area (Å²) < 4.78 is 0. The van der Waals surface area contributed by atoms with E-state index in [1.807, 2.05) is 0 Å². The zero-order valence-electron chi connectivity index (χ0n) is 6.04. The Morgan fingerprint density at radius 3 is 2.83 bits per heavy atom. The number of halogens is 2. The molecule has 0 saturated carbocycles. The molecule has 5 nitrogen and oxygen atoms in total. The van der Waals surface area contributed by atoms with Crippen LogP contribution in [-0.4, -0.2) is 15.2 Å². The average Bonchev–Trinajstić information content (AvgIpc) is 1.83. The number of hydrogen-bond donors (Lipinski definition) is 1. The van der Waals surface area contributed by atoms with E-state index < -0.39 is 10.0 Å². The molecule has 7 heteroatoms. The molecule has 1 aliphatic rings. The van der Waals surface area contributed by atoms with Crippen molar-refractivity contribution in [2.75, 3.05) is 0 Å². The maximum absolute atomic E-state index is 10.3. The highest BCUT2D eigenvalue weighted by atomic mass is 35.5. The highest BCUT2D eigenvalue weighted by Gasteiger charge is 2.29. The number of aliphatic imine (C=N–C) groups is 1. The number of nitrogens with one attached hydrogen (secondary N) is 1. The first-order valence-corrected chi connectivity index (χ1v) is 3.75. The second-order valence-electron chi connectivity index (χ2n) is 2.29. The van der Waals surface area contributed by atoms with Crippen LogP contribution < -0.4 is 5.32 Å². The second-order valence-corrected chi connectivity index (χ2v) is 3.38. The van der Waals surface area contributed by atoms with Gasteiger partial charge in [0.15, 0.2) is 0 Å². The molecule has 0 aliphatic carbocycles. The van der Waals surface area contributed by atoms with Gasteiger partial charge in [-0.2, -0.15) is 0 Å². The highest BCUT2D eigenvalue weighted by molar-refractivity contribution is 6.69. The van der Waals surface area contributed by atoms with Crippen LogP contribution >= 0.6 is 23.2 Å². The number of alkyl halides is 1. The minimum Gasteiger partial charge on any atom is -0.349 e. The van der Waals surface area contributed by atoms with Gasteiger partial charge >= 0.3 is 5.70 Å². The lowest BCUT2D eigenvalue weighted by molar-refractivity contribution is -0.415. The van der Waals surface area contributed by atoms with Crippen molar-refractivity contribution in [3.05, 3.63) is 22.0 Å². The molecule has 0 radical (unpaired) electrons. The lowest BCUT2D eigenvalue weighted by atomic mass is 10.4. The van der Waals surface area contributed by atoms with E-state index in [2.05, 4.69) is 10.3 Å². The fourth-order valence-electron chi connectivity index (χ4n) is 0.662. The van der Waals surface area contributed by atoms with Crippen molar-refractivity contribution in [3.8, 4) is 0 Å². The molecule has 0 fully saturated rings. The molecule has 1 rings (SSSR count). The number of allylic oxidation sites excluding steroid dienone is 1. The lowest BCUT2D eigenvalue weighted by Crippen LogP contribution is -2.36. The molecular weight excluding hydrogens is 205 g/mol. The Morgan fingerprint density at radius 1 is 1.83 bits per heavy atom. The quantitative estimate of drug-likeness (QED) is 0.306. The van der Waals surface area contributed by atoms with Crippen LogP contribution in [0.4, 0.5) is 0 Å². The summed E-state index contributed by atoms with van der Waals surface area (Å²) in [7, 11) is 0. The third kappa shape index (κ3) is 1.86. The molecule has 0 bridgehead atoms. The van der Waals surface area contributed by atoms with Gasteiger partial charge in [-0.3, -0.25) is 10.1 Å². The fraction of sp³-hybridized carbons (Fsp3) is 0.400. The Bertz CT molecular complexity index is 284. The van der Waals surface area contributed by atoms with E-state index in [0.29, 0.717) is 0 Å². The molecule has 0 amide bonds. The van der Waals surface area contributed by atoms with E-state index in [0.717, 1.165) is 6.20 Å². The van der Waals surface area contributed by atoms with Crippen molar-refractivity contribution < 1.29 is 4.92 Å². The largest absolute Gasteiger partial charge is 0.349 e. The SMILES string of the molecule is CC1(Cl)N=C(Cl)C([N+](=O)[O-])=CN1. The molecular formula is C5H5Cl2N3O2. The molecule has 0 aromatic heterocycles. The van der Waals surface area contributed by atoms with E-state index in [9.17, 15) is 10.1 Å². The maximum atomic E-state index is 10.3. The van der Waals surface area contributed by atoms with Crippen molar-refractivity contribution in [2.45, 2.75) is 12.0 Å². The van der Waals surface area contributed by atoms with Crippen LogP contribution in [0.2, 0.25) is 0 Å². The molecule has 0 aromatic carbocycles. The first-order valence-electron chi connectivity index (χ1n) is 2.99. The van der Waals surface area contributed by atoms with E-state index >= 15 is 0 Å². The number of hydrogen-bond acceptors (Lipinski definition) is 4. The fourth-order valence-corrected chi connectivity index (χ4v) is 1.14. The molecule has 1 aliphatic heterocycles. The summed E-state index contributed by atoms with van der Waals surface area (Å²) in [6, 6.07) is 0. The molecule has 0 aromatic rings. The van der Waals surface area contributed by atoms with Gasteiger partial charge in [0.05, 0.1) is 11.1 Å².